The van der Waals surface area contributed by atoms with Crippen LogP contribution in [0.5, 0.6) is 0 Å². The molecule has 72 valence electrons. The molecule has 13 heavy (non-hydrogen) atoms. The van der Waals surface area contributed by atoms with E-state index in [0.29, 0.717) is 0 Å². The summed E-state index contributed by atoms with van der Waals surface area (Å²) >= 11 is 0. The minimum absolute atomic E-state index is 0.0437. The monoisotopic (exact) mass is 197 g/mol. The molecule has 0 aliphatic rings. The third-order valence-corrected chi connectivity index (χ3v) is 3.58. The van der Waals surface area contributed by atoms with E-state index in [9.17, 15) is 4.57 Å². The van der Waals surface area contributed by atoms with Crippen molar-refractivity contribution in [1.29, 1.82) is 0 Å². The Hall–Kier alpha value is -0.590. The van der Waals surface area contributed by atoms with Crippen molar-refractivity contribution in [2.75, 3.05) is 13.3 Å². The summed E-state index contributed by atoms with van der Waals surface area (Å²) in [6.07, 6.45) is 0. The van der Waals surface area contributed by atoms with Crippen LogP contribution in [0, 0.1) is 0 Å². The van der Waals surface area contributed by atoms with Crippen molar-refractivity contribution in [2.24, 2.45) is 5.73 Å². The second kappa shape index (κ2) is 3.65. The molecular formula is C10H16NOP. The summed E-state index contributed by atoms with van der Waals surface area (Å²) in [5.74, 6) is 0. The third kappa shape index (κ3) is 2.68. The fraction of sp³-hybridized carbons (Fsp3) is 0.400. The van der Waals surface area contributed by atoms with Crippen LogP contribution in [0.25, 0.3) is 0 Å². The van der Waals surface area contributed by atoms with Gasteiger partial charge in [0.1, 0.15) is 7.14 Å². The van der Waals surface area contributed by atoms with E-state index in [4.69, 9.17) is 5.73 Å². The van der Waals surface area contributed by atoms with Crippen molar-refractivity contribution in [3.8, 4) is 0 Å². The Morgan fingerprint density at radius 2 is 1.69 bits per heavy atom. The standard InChI is InChI=1S/C10H16NOP/c1-8(11)9-4-6-10(7-5-9)13(2,3)12/h4-8H,11H2,1-3H3/t8-/m0/s1. The van der Waals surface area contributed by atoms with Gasteiger partial charge in [0.2, 0.25) is 0 Å². The maximum absolute atomic E-state index is 11.7. The van der Waals surface area contributed by atoms with Gasteiger partial charge in [0, 0.05) is 11.3 Å². The average molecular weight is 197 g/mol. The molecule has 1 rings (SSSR count). The minimum atomic E-state index is -2.11. The lowest BCUT2D eigenvalue weighted by Crippen LogP contribution is -2.08. The van der Waals surface area contributed by atoms with Crippen molar-refractivity contribution in [2.45, 2.75) is 13.0 Å². The first-order valence-electron chi connectivity index (χ1n) is 4.32. The Kier molecular flexibility index (Phi) is 2.94. The molecule has 0 aromatic heterocycles. The van der Waals surface area contributed by atoms with Gasteiger partial charge < -0.3 is 10.3 Å². The maximum Gasteiger partial charge on any atom is 0.109 e. The lowest BCUT2D eigenvalue weighted by Gasteiger charge is -2.09. The molecule has 0 radical (unpaired) electrons. The molecule has 0 heterocycles. The molecule has 0 fully saturated rings. The van der Waals surface area contributed by atoms with E-state index in [-0.39, 0.29) is 6.04 Å². The second-order valence-corrected chi connectivity index (χ2v) is 6.95. The van der Waals surface area contributed by atoms with Gasteiger partial charge in [-0.2, -0.15) is 0 Å². The van der Waals surface area contributed by atoms with Gasteiger partial charge in [-0.15, -0.1) is 0 Å². The number of nitrogens with two attached hydrogens (primary N) is 1. The average Bonchev–Trinajstić information content (AvgIpc) is 2.03. The van der Waals surface area contributed by atoms with Gasteiger partial charge >= 0.3 is 0 Å². The van der Waals surface area contributed by atoms with Gasteiger partial charge in [-0.05, 0) is 25.8 Å². The maximum atomic E-state index is 11.7. The van der Waals surface area contributed by atoms with E-state index < -0.39 is 7.14 Å². The highest BCUT2D eigenvalue weighted by atomic mass is 31.2. The third-order valence-electron chi connectivity index (χ3n) is 2.04. The normalized spacial score (nSPS) is 14.2. The van der Waals surface area contributed by atoms with Crippen molar-refractivity contribution in [3.63, 3.8) is 0 Å². The van der Waals surface area contributed by atoms with Crippen LogP contribution in [0.2, 0.25) is 0 Å². The molecule has 0 bridgehead atoms. The van der Waals surface area contributed by atoms with Gasteiger partial charge in [0.05, 0.1) is 0 Å². The highest BCUT2D eigenvalue weighted by Crippen LogP contribution is 2.34. The van der Waals surface area contributed by atoms with E-state index in [1.165, 1.54) is 0 Å². The molecule has 1 aromatic rings. The van der Waals surface area contributed by atoms with E-state index in [1.807, 2.05) is 31.2 Å². The lowest BCUT2D eigenvalue weighted by atomic mass is 10.1. The van der Waals surface area contributed by atoms with Crippen LogP contribution in [0.3, 0.4) is 0 Å². The smallest absolute Gasteiger partial charge is 0.109 e. The lowest BCUT2D eigenvalue weighted by molar-refractivity contribution is 0.588. The summed E-state index contributed by atoms with van der Waals surface area (Å²) in [4.78, 5) is 0. The Morgan fingerprint density at radius 3 is 2.00 bits per heavy atom. The van der Waals surface area contributed by atoms with Gasteiger partial charge in [-0.1, -0.05) is 24.3 Å². The predicted molar refractivity (Wildman–Crippen MR) is 58.1 cm³/mol. The summed E-state index contributed by atoms with van der Waals surface area (Å²) in [6.45, 7) is 5.48. The van der Waals surface area contributed by atoms with Crippen LogP contribution in [0.15, 0.2) is 24.3 Å². The number of rotatable bonds is 2. The van der Waals surface area contributed by atoms with Crippen molar-refractivity contribution >= 4 is 12.4 Å². The zero-order valence-corrected chi connectivity index (χ0v) is 9.21. The molecule has 2 nitrogen and oxygen atoms in total. The van der Waals surface area contributed by atoms with Gasteiger partial charge in [0.25, 0.3) is 0 Å². The molecule has 0 saturated heterocycles. The molecule has 0 unspecified atom stereocenters. The molecule has 0 aliphatic carbocycles. The topological polar surface area (TPSA) is 43.1 Å². The Morgan fingerprint density at radius 1 is 1.23 bits per heavy atom. The first-order chi connectivity index (χ1) is 5.91. The quantitative estimate of drug-likeness (QED) is 0.736. The van der Waals surface area contributed by atoms with Crippen LogP contribution in [0.1, 0.15) is 18.5 Å². The molecule has 0 spiro atoms. The summed E-state index contributed by atoms with van der Waals surface area (Å²) in [7, 11) is -2.11. The molecule has 1 aromatic carbocycles. The second-order valence-electron chi connectivity index (χ2n) is 3.73. The zero-order chi connectivity index (χ0) is 10.1. The number of hydrogen-bond acceptors (Lipinski definition) is 2. The van der Waals surface area contributed by atoms with E-state index in [0.717, 1.165) is 10.9 Å². The van der Waals surface area contributed by atoms with Crippen molar-refractivity contribution < 1.29 is 4.57 Å². The molecule has 2 N–H and O–H groups in total. The Labute approximate surface area is 79.5 Å². The Balaban J connectivity index is 3.01. The summed E-state index contributed by atoms with van der Waals surface area (Å²) in [5.41, 5.74) is 6.78. The van der Waals surface area contributed by atoms with E-state index in [2.05, 4.69) is 0 Å². The van der Waals surface area contributed by atoms with Crippen molar-refractivity contribution in [1.82, 2.24) is 0 Å². The summed E-state index contributed by atoms with van der Waals surface area (Å²) < 4.78 is 11.7. The fourth-order valence-electron chi connectivity index (χ4n) is 1.14. The van der Waals surface area contributed by atoms with Crippen LogP contribution in [-0.4, -0.2) is 13.3 Å². The van der Waals surface area contributed by atoms with Crippen LogP contribution >= 0.6 is 7.14 Å². The van der Waals surface area contributed by atoms with Gasteiger partial charge in [-0.25, -0.2) is 0 Å². The summed E-state index contributed by atoms with van der Waals surface area (Å²) in [6, 6.07) is 7.74. The van der Waals surface area contributed by atoms with Crippen LogP contribution in [-0.2, 0) is 4.57 Å². The molecular weight excluding hydrogens is 181 g/mol. The predicted octanol–water partition coefficient (Wildman–Crippen LogP) is 1.95. The van der Waals surface area contributed by atoms with Crippen molar-refractivity contribution in [3.05, 3.63) is 29.8 Å². The van der Waals surface area contributed by atoms with Gasteiger partial charge in [0.15, 0.2) is 0 Å². The SMILES string of the molecule is C[C@H](N)c1ccc(P(C)(C)=O)cc1. The van der Waals surface area contributed by atoms with E-state index in [1.54, 1.807) is 13.3 Å². The highest BCUT2D eigenvalue weighted by molar-refractivity contribution is 7.70. The zero-order valence-electron chi connectivity index (χ0n) is 8.32. The Bertz CT molecular complexity index is 323. The minimum Gasteiger partial charge on any atom is -0.324 e. The molecule has 1 atom stereocenters. The first kappa shape index (κ1) is 10.5. The highest BCUT2D eigenvalue weighted by Gasteiger charge is 2.10. The largest absolute Gasteiger partial charge is 0.324 e. The first-order valence-corrected chi connectivity index (χ1v) is 6.92. The fourth-order valence-corrected chi connectivity index (χ4v) is 2.00. The van der Waals surface area contributed by atoms with Crippen LogP contribution in [0.4, 0.5) is 0 Å². The molecule has 0 saturated carbocycles. The number of benzene rings is 1. The molecule has 0 aliphatic heterocycles. The van der Waals surface area contributed by atoms with E-state index >= 15 is 0 Å². The summed E-state index contributed by atoms with van der Waals surface area (Å²) in [5, 5.41) is 0.914. The number of hydrogen-bond donors (Lipinski definition) is 1. The molecule has 3 heteroatoms. The van der Waals surface area contributed by atoms with Crippen LogP contribution < -0.4 is 11.0 Å². The molecule has 0 amide bonds. The van der Waals surface area contributed by atoms with Gasteiger partial charge in [-0.3, -0.25) is 0 Å².